The van der Waals surface area contributed by atoms with Crippen LogP contribution in [0, 0.1) is 0 Å². The number of likely N-dealkylation sites (N-methyl/N-ethyl adjacent to an activating group) is 1. The third-order valence-electron chi connectivity index (χ3n) is 7.29. The van der Waals surface area contributed by atoms with Crippen molar-refractivity contribution in [3.05, 3.63) is 42.5 Å². The number of aromatic nitrogens is 4. The molecule has 0 spiro atoms. The summed E-state index contributed by atoms with van der Waals surface area (Å²) in [5.41, 5.74) is 9.17. The molecule has 0 radical (unpaired) electrons. The maximum Gasteiger partial charge on any atom is 0.319 e. The number of hydrogen-bond donors (Lipinski definition) is 3. The monoisotopic (exact) mass is 552 g/mol. The van der Waals surface area contributed by atoms with E-state index in [1.54, 1.807) is 6.33 Å². The first-order valence-corrected chi connectivity index (χ1v) is 13.7. The van der Waals surface area contributed by atoms with Gasteiger partial charge in [0.2, 0.25) is 0 Å². The summed E-state index contributed by atoms with van der Waals surface area (Å²) in [6.45, 7) is 12.3. The summed E-state index contributed by atoms with van der Waals surface area (Å²) in [6.07, 6.45) is 2.58. The van der Waals surface area contributed by atoms with Crippen molar-refractivity contribution in [3.63, 3.8) is 0 Å². The van der Waals surface area contributed by atoms with Crippen LogP contribution in [0.2, 0.25) is 0 Å². The Bertz CT molecular complexity index is 1340. The van der Waals surface area contributed by atoms with Crippen molar-refractivity contribution in [2.45, 2.75) is 76.8 Å². The second-order valence-electron chi connectivity index (χ2n) is 12.0. The molecule has 2 aromatic heterocycles. The molecule has 12 heteroatoms. The number of carbonyl (C=O) groups excluding carboxylic acids is 1. The molecule has 216 valence electrons. The van der Waals surface area contributed by atoms with Crippen molar-refractivity contribution in [2.24, 2.45) is 0 Å². The number of nitrogens with two attached hydrogens (primary N) is 1. The zero-order chi connectivity index (χ0) is 28.7. The molecule has 2 saturated heterocycles. The third-order valence-corrected chi connectivity index (χ3v) is 7.29. The van der Waals surface area contributed by atoms with Crippen LogP contribution in [0.3, 0.4) is 0 Å². The van der Waals surface area contributed by atoms with Gasteiger partial charge in [-0.15, -0.1) is 0 Å². The Morgan fingerprint density at radius 2 is 1.85 bits per heavy atom. The third kappa shape index (κ3) is 6.04. The number of nitrogens with one attached hydrogen (secondary N) is 2. The molecule has 4 N–H and O–H groups in total. The number of fused-ring (bicyclic) bond motifs is 2. The highest BCUT2D eigenvalue weighted by Crippen LogP contribution is 2.44. The first-order valence-electron chi connectivity index (χ1n) is 13.7. The van der Waals surface area contributed by atoms with Gasteiger partial charge in [0.25, 0.3) is 0 Å². The number of carbonyl (C=O) groups is 1. The summed E-state index contributed by atoms with van der Waals surface area (Å²) in [7, 11) is 2.03. The number of hydrogen-bond acceptors (Lipinski definition) is 9. The minimum Gasteiger partial charge on any atom is -0.382 e. The molecule has 5 rings (SSSR count). The summed E-state index contributed by atoms with van der Waals surface area (Å²) in [6, 6.07) is 7.74. The lowest BCUT2D eigenvalue weighted by molar-refractivity contribution is -0.197. The van der Waals surface area contributed by atoms with Crippen molar-refractivity contribution in [3.8, 4) is 0 Å². The number of anilines is 2. The average molecular weight is 553 g/mol. The van der Waals surface area contributed by atoms with Crippen molar-refractivity contribution in [1.29, 1.82) is 0 Å². The first kappa shape index (κ1) is 28.2. The number of urea groups is 1. The van der Waals surface area contributed by atoms with E-state index in [4.69, 9.17) is 19.9 Å². The number of nitrogens with zero attached hydrogens (tertiary/aromatic N) is 5. The smallest absolute Gasteiger partial charge is 0.319 e. The van der Waals surface area contributed by atoms with Gasteiger partial charge < -0.3 is 35.5 Å². The summed E-state index contributed by atoms with van der Waals surface area (Å²) in [5, 5.41) is 5.83. The van der Waals surface area contributed by atoms with Crippen LogP contribution in [0.15, 0.2) is 36.9 Å². The second-order valence-corrected chi connectivity index (χ2v) is 12.0. The predicted molar refractivity (Wildman–Crippen MR) is 152 cm³/mol. The minimum atomic E-state index is -0.733. The number of rotatable bonds is 8. The van der Waals surface area contributed by atoms with E-state index in [9.17, 15) is 4.79 Å². The Labute approximate surface area is 234 Å². The number of nitrogen functional groups attached to an aromatic ring is 1. The quantitative estimate of drug-likeness (QED) is 0.359. The molecular weight excluding hydrogens is 512 g/mol. The number of imidazole rings is 1. The standard InChI is InChI=1S/C28H40N8O4/c1-27(2,3)17-8-10-18(11-9-17)34-26(37)30-12-7-13-35(6)14-19-21-22(40-28(4,5)39-21)25(38-19)36-16-33-20-23(29)31-15-32-24(20)36/h8-11,15-16,19,21-22,25H,7,12-14H2,1-6H3,(H2,29,31,32)(H2,30,34,37)/t19-,21-,22?,25-/m1/s1. The van der Waals surface area contributed by atoms with Crippen LogP contribution in [0.1, 0.15) is 52.8 Å². The molecule has 1 unspecified atom stereocenters. The van der Waals surface area contributed by atoms with Crippen molar-refractivity contribution in [2.75, 3.05) is 37.7 Å². The topological polar surface area (TPSA) is 142 Å². The number of benzene rings is 1. The average Bonchev–Trinajstić information content (AvgIpc) is 3.54. The maximum atomic E-state index is 12.4. The van der Waals surface area contributed by atoms with Crippen LogP contribution in [0.4, 0.5) is 16.3 Å². The van der Waals surface area contributed by atoms with E-state index in [1.165, 1.54) is 11.9 Å². The van der Waals surface area contributed by atoms with Gasteiger partial charge in [-0.1, -0.05) is 32.9 Å². The number of ether oxygens (including phenoxy) is 3. The molecule has 2 aliphatic heterocycles. The predicted octanol–water partition coefficient (Wildman–Crippen LogP) is 3.27. The molecule has 40 heavy (non-hydrogen) atoms. The van der Waals surface area contributed by atoms with Crippen LogP contribution in [0.5, 0.6) is 0 Å². The molecule has 4 atom stereocenters. The van der Waals surface area contributed by atoms with E-state index in [0.717, 1.165) is 18.7 Å². The first-order chi connectivity index (χ1) is 18.9. The van der Waals surface area contributed by atoms with Crippen LogP contribution in [-0.4, -0.2) is 81.2 Å². The van der Waals surface area contributed by atoms with E-state index in [1.807, 2.05) is 49.7 Å². The lowest BCUT2D eigenvalue weighted by atomic mass is 9.87. The van der Waals surface area contributed by atoms with Crippen LogP contribution >= 0.6 is 0 Å². The summed E-state index contributed by atoms with van der Waals surface area (Å²) < 4.78 is 20.8. The van der Waals surface area contributed by atoms with Crippen LogP contribution < -0.4 is 16.4 Å². The molecule has 2 fully saturated rings. The highest BCUT2D eigenvalue weighted by molar-refractivity contribution is 5.89. The van der Waals surface area contributed by atoms with E-state index in [2.05, 4.69) is 51.3 Å². The Morgan fingerprint density at radius 3 is 2.58 bits per heavy atom. The van der Waals surface area contributed by atoms with Gasteiger partial charge in [0.15, 0.2) is 23.5 Å². The molecule has 4 heterocycles. The summed E-state index contributed by atoms with van der Waals surface area (Å²) in [4.78, 5) is 27.3. The SMILES string of the molecule is CN(CCCNC(=O)Nc1ccc(C(C)(C)C)cc1)C[C@H]1O[C@@H](n2cnc3c(N)ncnc32)C2OC(C)(C)O[C@@H]21. The molecule has 2 aliphatic rings. The van der Waals surface area contributed by atoms with Gasteiger partial charge in [-0.25, -0.2) is 19.7 Å². The van der Waals surface area contributed by atoms with Crippen molar-refractivity contribution < 1.29 is 19.0 Å². The van der Waals surface area contributed by atoms with Gasteiger partial charge in [-0.3, -0.25) is 4.57 Å². The van der Waals surface area contributed by atoms with Crippen LogP contribution in [-0.2, 0) is 19.6 Å². The van der Waals surface area contributed by atoms with Crippen molar-refractivity contribution >= 4 is 28.7 Å². The Hall–Kier alpha value is -3.32. The Balaban J connectivity index is 1.12. The van der Waals surface area contributed by atoms with Gasteiger partial charge in [-0.05, 0) is 57.0 Å². The Morgan fingerprint density at radius 1 is 1.12 bits per heavy atom. The summed E-state index contributed by atoms with van der Waals surface area (Å²) >= 11 is 0. The van der Waals surface area contributed by atoms with Gasteiger partial charge >= 0.3 is 6.03 Å². The van der Waals surface area contributed by atoms with Gasteiger partial charge in [0, 0.05) is 18.8 Å². The largest absolute Gasteiger partial charge is 0.382 e. The van der Waals surface area contributed by atoms with E-state index in [0.29, 0.717) is 30.1 Å². The van der Waals surface area contributed by atoms with Crippen molar-refractivity contribution in [1.82, 2.24) is 29.7 Å². The highest BCUT2D eigenvalue weighted by Gasteiger charge is 2.56. The molecule has 1 aromatic carbocycles. The molecule has 0 aliphatic carbocycles. The van der Waals surface area contributed by atoms with E-state index >= 15 is 0 Å². The normalized spacial score (nSPS) is 24.0. The molecule has 0 saturated carbocycles. The van der Waals surface area contributed by atoms with E-state index < -0.39 is 12.0 Å². The fourth-order valence-electron chi connectivity index (χ4n) is 5.26. The molecular formula is C28H40N8O4. The lowest BCUT2D eigenvalue weighted by Crippen LogP contribution is -2.39. The fourth-order valence-corrected chi connectivity index (χ4v) is 5.26. The molecule has 2 amide bonds. The van der Waals surface area contributed by atoms with Gasteiger partial charge in [0.05, 0.1) is 6.33 Å². The highest BCUT2D eigenvalue weighted by atomic mass is 16.8. The Kier molecular flexibility index (Phi) is 7.71. The van der Waals surface area contributed by atoms with Gasteiger partial charge in [-0.2, -0.15) is 0 Å². The zero-order valence-electron chi connectivity index (χ0n) is 24.0. The molecule has 12 nitrogen and oxygen atoms in total. The fraction of sp³-hybridized carbons (Fsp3) is 0.571. The van der Waals surface area contributed by atoms with Crippen LogP contribution in [0.25, 0.3) is 11.2 Å². The zero-order valence-corrected chi connectivity index (χ0v) is 24.0. The van der Waals surface area contributed by atoms with Gasteiger partial charge in [0.1, 0.15) is 30.2 Å². The second kappa shape index (κ2) is 10.9. The van der Waals surface area contributed by atoms with E-state index in [-0.39, 0.29) is 29.8 Å². The summed E-state index contributed by atoms with van der Waals surface area (Å²) in [5.74, 6) is -0.414. The minimum absolute atomic E-state index is 0.0721. The maximum absolute atomic E-state index is 12.4. The molecule has 0 bridgehead atoms. The number of amides is 2. The molecule has 3 aromatic rings. The lowest BCUT2D eigenvalue weighted by Gasteiger charge is -2.27.